The Kier molecular flexibility index (Phi) is 3.36. The molecule has 1 saturated carbocycles. The molecule has 1 aliphatic carbocycles. The van der Waals surface area contributed by atoms with Gasteiger partial charge in [0.1, 0.15) is 0 Å². The van der Waals surface area contributed by atoms with Gasteiger partial charge in [0.15, 0.2) is 5.82 Å². The Bertz CT molecular complexity index is 337. The van der Waals surface area contributed by atoms with Gasteiger partial charge in [0.2, 0.25) is 0 Å². The van der Waals surface area contributed by atoms with Gasteiger partial charge in [-0.1, -0.05) is 19.8 Å². The van der Waals surface area contributed by atoms with Gasteiger partial charge >= 0.3 is 0 Å². The van der Waals surface area contributed by atoms with Crippen molar-refractivity contribution < 1.29 is 0 Å². The molecule has 0 atom stereocenters. The van der Waals surface area contributed by atoms with Crippen molar-refractivity contribution in [1.29, 1.82) is 0 Å². The lowest BCUT2D eigenvalue weighted by Crippen LogP contribution is -2.20. The summed E-state index contributed by atoms with van der Waals surface area (Å²) in [5.41, 5.74) is 6.58. The van der Waals surface area contributed by atoms with Crippen LogP contribution in [0.5, 0.6) is 0 Å². The van der Waals surface area contributed by atoms with Crippen LogP contribution in [0.25, 0.3) is 0 Å². The largest absolute Gasteiger partial charge is 0.394 e. The van der Waals surface area contributed by atoms with E-state index in [-0.39, 0.29) is 0 Å². The first-order chi connectivity index (χ1) is 7.65. The predicted octanol–water partition coefficient (Wildman–Crippen LogP) is 2.24. The Morgan fingerprint density at radius 1 is 1.44 bits per heavy atom. The van der Waals surface area contributed by atoms with Crippen molar-refractivity contribution in [3.63, 3.8) is 0 Å². The van der Waals surface area contributed by atoms with Crippen molar-refractivity contribution in [1.82, 2.24) is 9.78 Å². The maximum atomic E-state index is 5.83. The van der Waals surface area contributed by atoms with Crippen LogP contribution in [0, 0.1) is 11.8 Å². The minimum absolute atomic E-state index is 0.742. The number of nitrogens with two attached hydrogens (primary N) is 1. The maximum Gasteiger partial charge on any atom is 0.171 e. The zero-order valence-corrected chi connectivity index (χ0v) is 10.2. The SMILES string of the molecule is CC1CCC(CNc2nn(C)cc2N)CC1. The Hall–Kier alpha value is -1.19. The van der Waals surface area contributed by atoms with E-state index in [9.17, 15) is 0 Å². The van der Waals surface area contributed by atoms with Gasteiger partial charge in [-0.25, -0.2) is 0 Å². The summed E-state index contributed by atoms with van der Waals surface area (Å²) in [5, 5.41) is 7.65. The van der Waals surface area contributed by atoms with Gasteiger partial charge < -0.3 is 11.1 Å². The molecule has 0 saturated heterocycles. The molecule has 0 unspecified atom stereocenters. The Labute approximate surface area is 97.2 Å². The minimum atomic E-state index is 0.742. The van der Waals surface area contributed by atoms with E-state index in [0.717, 1.165) is 29.9 Å². The molecule has 1 heterocycles. The molecule has 90 valence electrons. The molecule has 0 bridgehead atoms. The van der Waals surface area contributed by atoms with Gasteiger partial charge in [0, 0.05) is 19.8 Å². The summed E-state index contributed by atoms with van der Waals surface area (Å²) in [6.07, 6.45) is 7.24. The van der Waals surface area contributed by atoms with Crippen LogP contribution in [0.1, 0.15) is 32.6 Å². The van der Waals surface area contributed by atoms with E-state index in [2.05, 4.69) is 17.3 Å². The molecule has 4 nitrogen and oxygen atoms in total. The lowest BCUT2D eigenvalue weighted by molar-refractivity contribution is 0.300. The van der Waals surface area contributed by atoms with E-state index in [1.807, 2.05) is 13.2 Å². The fourth-order valence-electron chi connectivity index (χ4n) is 2.42. The Morgan fingerprint density at radius 3 is 2.69 bits per heavy atom. The summed E-state index contributed by atoms with van der Waals surface area (Å²) in [6.45, 7) is 3.36. The highest BCUT2D eigenvalue weighted by atomic mass is 15.3. The van der Waals surface area contributed by atoms with Crippen LogP contribution in [0.3, 0.4) is 0 Å². The van der Waals surface area contributed by atoms with Crippen LogP contribution in [-0.2, 0) is 7.05 Å². The number of nitrogen functional groups attached to an aromatic ring is 1. The summed E-state index contributed by atoms with van der Waals surface area (Å²) in [4.78, 5) is 0. The normalized spacial score (nSPS) is 25.6. The van der Waals surface area contributed by atoms with Crippen LogP contribution in [0.4, 0.5) is 11.5 Å². The lowest BCUT2D eigenvalue weighted by Gasteiger charge is -2.26. The van der Waals surface area contributed by atoms with Gasteiger partial charge in [-0.3, -0.25) is 4.68 Å². The molecule has 0 aliphatic heterocycles. The van der Waals surface area contributed by atoms with Gasteiger partial charge in [-0.05, 0) is 24.7 Å². The van der Waals surface area contributed by atoms with Crippen molar-refractivity contribution >= 4 is 11.5 Å². The van der Waals surface area contributed by atoms with Crippen LogP contribution in [0.15, 0.2) is 6.20 Å². The summed E-state index contributed by atoms with van der Waals surface area (Å²) in [6, 6.07) is 0. The molecule has 3 N–H and O–H groups in total. The third-order valence-corrected chi connectivity index (χ3v) is 3.55. The lowest BCUT2D eigenvalue weighted by atomic mass is 9.83. The van der Waals surface area contributed by atoms with Crippen LogP contribution in [0.2, 0.25) is 0 Å². The standard InChI is InChI=1S/C12H22N4/c1-9-3-5-10(6-4-9)7-14-12-11(13)8-16(2)15-12/h8-10H,3-7,13H2,1-2H3,(H,14,15). The molecule has 0 spiro atoms. The second-order valence-electron chi connectivity index (χ2n) is 5.11. The Morgan fingerprint density at radius 2 is 2.12 bits per heavy atom. The highest BCUT2D eigenvalue weighted by Crippen LogP contribution is 2.28. The van der Waals surface area contributed by atoms with Crippen molar-refractivity contribution in [3.05, 3.63) is 6.20 Å². The number of hydrogen-bond donors (Lipinski definition) is 2. The van der Waals surface area contributed by atoms with E-state index < -0.39 is 0 Å². The summed E-state index contributed by atoms with van der Waals surface area (Å²) in [5.74, 6) is 2.54. The first-order valence-corrected chi connectivity index (χ1v) is 6.18. The zero-order valence-electron chi connectivity index (χ0n) is 10.2. The number of nitrogens with zero attached hydrogens (tertiary/aromatic N) is 2. The molecule has 2 rings (SSSR count). The van der Waals surface area contributed by atoms with Crippen molar-refractivity contribution in [3.8, 4) is 0 Å². The maximum absolute atomic E-state index is 5.83. The average molecular weight is 222 g/mol. The summed E-state index contributed by atoms with van der Waals surface area (Å²) in [7, 11) is 1.89. The first-order valence-electron chi connectivity index (χ1n) is 6.18. The van der Waals surface area contributed by atoms with E-state index in [1.165, 1.54) is 25.7 Å². The Balaban J connectivity index is 1.81. The van der Waals surface area contributed by atoms with Gasteiger partial charge in [0.05, 0.1) is 5.69 Å². The molecular formula is C12H22N4. The van der Waals surface area contributed by atoms with Gasteiger partial charge in [-0.2, -0.15) is 5.10 Å². The molecule has 0 radical (unpaired) electrons. The molecule has 0 amide bonds. The van der Waals surface area contributed by atoms with Gasteiger partial charge in [-0.15, -0.1) is 0 Å². The number of rotatable bonds is 3. The predicted molar refractivity (Wildman–Crippen MR) is 67.2 cm³/mol. The summed E-state index contributed by atoms with van der Waals surface area (Å²) < 4.78 is 1.75. The van der Waals surface area contributed by atoms with Crippen LogP contribution in [-0.4, -0.2) is 16.3 Å². The number of nitrogens with one attached hydrogen (secondary N) is 1. The average Bonchev–Trinajstić information content (AvgIpc) is 2.57. The van der Waals surface area contributed by atoms with Crippen molar-refractivity contribution in [2.24, 2.45) is 18.9 Å². The molecule has 1 aromatic rings. The highest BCUT2D eigenvalue weighted by Gasteiger charge is 2.18. The molecule has 4 heteroatoms. The third-order valence-electron chi connectivity index (χ3n) is 3.55. The zero-order chi connectivity index (χ0) is 11.5. The first kappa shape index (κ1) is 11.3. The second kappa shape index (κ2) is 4.76. The smallest absolute Gasteiger partial charge is 0.171 e. The number of aromatic nitrogens is 2. The molecule has 0 aromatic carbocycles. The second-order valence-corrected chi connectivity index (χ2v) is 5.11. The van der Waals surface area contributed by atoms with E-state index in [1.54, 1.807) is 4.68 Å². The quantitative estimate of drug-likeness (QED) is 0.824. The van der Waals surface area contributed by atoms with Crippen molar-refractivity contribution in [2.45, 2.75) is 32.6 Å². The monoisotopic (exact) mass is 222 g/mol. The van der Waals surface area contributed by atoms with Gasteiger partial charge in [0.25, 0.3) is 0 Å². The van der Waals surface area contributed by atoms with E-state index in [4.69, 9.17) is 5.73 Å². The fraction of sp³-hybridized carbons (Fsp3) is 0.750. The molecular weight excluding hydrogens is 200 g/mol. The number of aryl methyl sites for hydroxylation is 1. The van der Waals surface area contributed by atoms with Crippen LogP contribution < -0.4 is 11.1 Å². The fourth-order valence-corrected chi connectivity index (χ4v) is 2.42. The highest BCUT2D eigenvalue weighted by molar-refractivity contribution is 5.59. The topological polar surface area (TPSA) is 55.9 Å². The molecule has 1 aromatic heterocycles. The van der Waals surface area contributed by atoms with Crippen LogP contribution >= 0.6 is 0 Å². The number of hydrogen-bond acceptors (Lipinski definition) is 3. The molecule has 1 fully saturated rings. The van der Waals surface area contributed by atoms with E-state index in [0.29, 0.717) is 0 Å². The van der Waals surface area contributed by atoms with E-state index >= 15 is 0 Å². The third kappa shape index (κ3) is 2.68. The minimum Gasteiger partial charge on any atom is -0.394 e. The molecule has 16 heavy (non-hydrogen) atoms. The van der Waals surface area contributed by atoms with Crippen molar-refractivity contribution in [2.75, 3.05) is 17.6 Å². The molecule has 1 aliphatic rings. The number of anilines is 2. The summed E-state index contributed by atoms with van der Waals surface area (Å²) >= 11 is 0.